The zero-order chi connectivity index (χ0) is 7.49. The zero-order valence-corrected chi connectivity index (χ0v) is 4.66. The van der Waals surface area contributed by atoms with Crippen LogP contribution in [0.3, 0.4) is 0 Å². The summed E-state index contributed by atoms with van der Waals surface area (Å²) < 4.78 is 34.3. The molecule has 0 amide bonds. The first kappa shape index (κ1) is 8.02. The third-order valence-corrected chi connectivity index (χ3v) is 0.728. The number of rotatable bonds is 0. The van der Waals surface area contributed by atoms with Crippen LogP contribution in [0.1, 0.15) is 6.92 Å². The molecule has 0 fully saturated rings. The molecular formula is C5H4F3N. The van der Waals surface area contributed by atoms with Gasteiger partial charge in [-0.05, 0) is 6.92 Å². The number of halogens is 3. The molecule has 0 aliphatic heterocycles. The van der Waals surface area contributed by atoms with E-state index in [0.717, 1.165) is 6.92 Å². The van der Waals surface area contributed by atoms with Gasteiger partial charge < -0.3 is 0 Å². The van der Waals surface area contributed by atoms with E-state index in [0.29, 0.717) is 6.08 Å². The summed E-state index contributed by atoms with van der Waals surface area (Å²) in [6.07, 6.45) is -3.88. The van der Waals surface area contributed by atoms with E-state index in [2.05, 4.69) is 0 Å². The van der Waals surface area contributed by atoms with Crippen LogP contribution in [-0.4, -0.2) is 6.18 Å². The lowest BCUT2D eigenvalue weighted by atomic mass is 10.3. The normalized spacial score (nSPS) is 13.0. The fourth-order valence-corrected chi connectivity index (χ4v) is 0.179. The van der Waals surface area contributed by atoms with Crippen LogP contribution in [0.25, 0.3) is 0 Å². The first-order valence-corrected chi connectivity index (χ1v) is 2.12. The maximum atomic E-state index is 11.4. The Bertz CT molecular complexity index is 160. The molecule has 4 heteroatoms. The van der Waals surface area contributed by atoms with Crippen LogP contribution in [0.15, 0.2) is 11.6 Å². The minimum absolute atomic E-state index is 0.472. The minimum atomic E-state index is -4.35. The van der Waals surface area contributed by atoms with Gasteiger partial charge in [0.25, 0.3) is 0 Å². The Labute approximate surface area is 50.4 Å². The van der Waals surface area contributed by atoms with Crippen molar-refractivity contribution in [1.29, 1.82) is 5.26 Å². The summed E-state index contributed by atoms with van der Waals surface area (Å²) in [7, 11) is 0. The third kappa shape index (κ3) is 2.75. The van der Waals surface area contributed by atoms with E-state index in [-0.39, 0.29) is 0 Å². The lowest BCUT2D eigenvalue weighted by Crippen LogP contribution is -2.08. The Morgan fingerprint density at radius 1 is 1.56 bits per heavy atom. The molecule has 0 aromatic carbocycles. The van der Waals surface area contributed by atoms with Gasteiger partial charge in [0.2, 0.25) is 0 Å². The minimum Gasteiger partial charge on any atom is -0.193 e. The van der Waals surface area contributed by atoms with E-state index in [4.69, 9.17) is 5.26 Å². The van der Waals surface area contributed by atoms with Gasteiger partial charge in [0.1, 0.15) is 0 Å². The second-order valence-corrected chi connectivity index (χ2v) is 1.45. The van der Waals surface area contributed by atoms with Crippen molar-refractivity contribution in [2.24, 2.45) is 0 Å². The van der Waals surface area contributed by atoms with Crippen LogP contribution in [0, 0.1) is 11.3 Å². The van der Waals surface area contributed by atoms with Gasteiger partial charge in [0.05, 0.1) is 6.07 Å². The molecule has 0 bridgehead atoms. The lowest BCUT2D eigenvalue weighted by molar-refractivity contribution is -0.0912. The molecule has 50 valence electrons. The predicted octanol–water partition coefficient (Wildman–Crippen LogP) is 2.02. The van der Waals surface area contributed by atoms with Crippen LogP contribution in [0.5, 0.6) is 0 Å². The van der Waals surface area contributed by atoms with Crippen LogP contribution >= 0.6 is 0 Å². The maximum Gasteiger partial charge on any atom is 0.413 e. The molecule has 0 N–H and O–H groups in total. The van der Waals surface area contributed by atoms with Gasteiger partial charge in [-0.3, -0.25) is 0 Å². The number of hydrogen-bond donors (Lipinski definition) is 0. The SMILES string of the molecule is CC(=CC#N)C(F)(F)F. The quantitative estimate of drug-likeness (QED) is 0.466. The molecule has 1 nitrogen and oxygen atoms in total. The molecule has 0 spiro atoms. The first-order valence-electron chi connectivity index (χ1n) is 2.12. The van der Waals surface area contributed by atoms with Gasteiger partial charge in [-0.1, -0.05) is 0 Å². The number of allylic oxidation sites excluding steroid dienone is 2. The standard InChI is InChI=1S/C5H4F3N/c1-4(2-3-9)5(6,7)8/h2H,1H3. The molecular weight excluding hydrogens is 131 g/mol. The highest BCUT2D eigenvalue weighted by Crippen LogP contribution is 2.23. The van der Waals surface area contributed by atoms with E-state index in [1.54, 1.807) is 0 Å². The summed E-state index contributed by atoms with van der Waals surface area (Å²) in [4.78, 5) is 0. The Balaban J connectivity index is 4.25. The van der Waals surface area contributed by atoms with Gasteiger partial charge in [0, 0.05) is 11.6 Å². The topological polar surface area (TPSA) is 23.8 Å². The van der Waals surface area contributed by atoms with Gasteiger partial charge in [-0.2, -0.15) is 18.4 Å². The molecule has 0 radical (unpaired) electrons. The van der Waals surface area contributed by atoms with Crippen molar-refractivity contribution in [1.82, 2.24) is 0 Å². The van der Waals surface area contributed by atoms with Crippen LogP contribution in [-0.2, 0) is 0 Å². The molecule has 0 saturated carbocycles. The number of nitrogens with zero attached hydrogens (tertiary/aromatic N) is 1. The first-order chi connectivity index (χ1) is 3.98. The van der Waals surface area contributed by atoms with Gasteiger partial charge in [0.15, 0.2) is 0 Å². The summed E-state index contributed by atoms with van der Waals surface area (Å²) in [5.74, 6) is 0. The highest BCUT2D eigenvalue weighted by atomic mass is 19.4. The molecule has 0 saturated heterocycles. The van der Waals surface area contributed by atoms with Gasteiger partial charge >= 0.3 is 6.18 Å². The molecule has 0 aromatic heterocycles. The molecule has 0 unspecified atom stereocenters. The number of nitriles is 1. The van der Waals surface area contributed by atoms with Gasteiger partial charge in [-0.25, -0.2) is 0 Å². The monoisotopic (exact) mass is 135 g/mol. The maximum absolute atomic E-state index is 11.4. The lowest BCUT2D eigenvalue weighted by Gasteiger charge is -2.02. The fourth-order valence-electron chi connectivity index (χ4n) is 0.179. The summed E-state index contributed by atoms with van der Waals surface area (Å²) >= 11 is 0. The summed E-state index contributed by atoms with van der Waals surface area (Å²) in [5.41, 5.74) is -0.870. The Morgan fingerprint density at radius 3 is 2.11 bits per heavy atom. The van der Waals surface area contributed by atoms with Crippen molar-refractivity contribution in [2.45, 2.75) is 13.1 Å². The van der Waals surface area contributed by atoms with Crippen LogP contribution in [0.2, 0.25) is 0 Å². The Kier molecular flexibility index (Phi) is 2.26. The van der Waals surface area contributed by atoms with Crippen molar-refractivity contribution < 1.29 is 13.2 Å². The van der Waals surface area contributed by atoms with Crippen molar-refractivity contribution in [2.75, 3.05) is 0 Å². The molecule has 0 rings (SSSR count). The molecule has 0 aromatic rings. The van der Waals surface area contributed by atoms with E-state index >= 15 is 0 Å². The van der Waals surface area contributed by atoms with Crippen molar-refractivity contribution >= 4 is 0 Å². The number of hydrogen-bond acceptors (Lipinski definition) is 1. The van der Waals surface area contributed by atoms with E-state index in [1.165, 1.54) is 6.07 Å². The molecule has 0 aliphatic rings. The smallest absolute Gasteiger partial charge is 0.193 e. The Morgan fingerprint density at radius 2 is 2.00 bits per heavy atom. The van der Waals surface area contributed by atoms with E-state index in [1.807, 2.05) is 0 Å². The van der Waals surface area contributed by atoms with Crippen molar-refractivity contribution in [3.63, 3.8) is 0 Å². The van der Waals surface area contributed by atoms with Crippen molar-refractivity contribution in [3.05, 3.63) is 11.6 Å². The summed E-state index contributed by atoms with van der Waals surface area (Å²) in [6.45, 7) is 0.850. The largest absolute Gasteiger partial charge is 0.413 e. The molecule has 0 heterocycles. The number of alkyl halides is 3. The molecule has 0 atom stereocenters. The van der Waals surface area contributed by atoms with Gasteiger partial charge in [-0.15, -0.1) is 0 Å². The van der Waals surface area contributed by atoms with E-state index < -0.39 is 11.7 Å². The summed E-state index contributed by atoms with van der Waals surface area (Å²) in [6, 6.07) is 1.29. The predicted molar refractivity (Wildman–Crippen MR) is 25.4 cm³/mol. The zero-order valence-electron chi connectivity index (χ0n) is 4.66. The fraction of sp³-hybridized carbons (Fsp3) is 0.400. The average Bonchev–Trinajstić information content (AvgIpc) is 1.64. The Hall–Kier alpha value is -0.980. The average molecular weight is 135 g/mol. The molecule has 9 heavy (non-hydrogen) atoms. The van der Waals surface area contributed by atoms with Crippen molar-refractivity contribution in [3.8, 4) is 6.07 Å². The van der Waals surface area contributed by atoms with Crippen LogP contribution < -0.4 is 0 Å². The molecule has 0 aliphatic carbocycles. The second-order valence-electron chi connectivity index (χ2n) is 1.45. The third-order valence-electron chi connectivity index (χ3n) is 0.728. The van der Waals surface area contributed by atoms with E-state index in [9.17, 15) is 13.2 Å². The second kappa shape index (κ2) is 2.53. The van der Waals surface area contributed by atoms with Crippen LogP contribution in [0.4, 0.5) is 13.2 Å². The highest BCUT2D eigenvalue weighted by Gasteiger charge is 2.29. The highest BCUT2D eigenvalue weighted by molar-refractivity contribution is 5.15. The summed E-state index contributed by atoms with van der Waals surface area (Å²) in [5, 5.41) is 7.77.